The number of rotatable bonds is 8. The monoisotopic (exact) mass is 315 g/mol. The summed E-state index contributed by atoms with van der Waals surface area (Å²) in [6.45, 7) is 4.46. The highest BCUT2D eigenvalue weighted by Gasteiger charge is 2.14. The number of methoxy groups -OCH3 is 2. The largest absolute Gasteiger partial charge is 0.383 e. The lowest BCUT2D eigenvalue weighted by Crippen LogP contribution is -2.38. The fraction of sp³-hybridized carbons (Fsp3) is 0.571. The molecule has 1 atom stereocenters. The standard InChI is InChI=1S/C14H22BrNO2/c1-12(11-18-3)16(8-9-17-2)14-6-4-13(10-15)5-7-14/h4-7,12H,8-11H2,1-3H3. The summed E-state index contributed by atoms with van der Waals surface area (Å²) in [5, 5.41) is 0.888. The van der Waals surface area contributed by atoms with Gasteiger partial charge in [0.25, 0.3) is 0 Å². The van der Waals surface area contributed by atoms with Gasteiger partial charge in [-0.25, -0.2) is 0 Å². The van der Waals surface area contributed by atoms with E-state index in [4.69, 9.17) is 9.47 Å². The van der Waals surface area contributed by atoms with Crippen LogP contribution in [0.5, 0.6) is 0 Å². The zero-order valence-corrected chi connectivity index (χ0v) is 12.9. The molecule has 4 heteroatoms. The summed E-state index contributed by atoms with van der Waals surface area (Å²) in [5.74, 6) is 0. The van der Waals surface area contributed by atoms with Gasteiger partial charge in [0.2, 0.25) is 0 Å². The van der Waals surface area contributed by atoms with E-state index in [-0.39, 0.29) is 0 Å². The fourth-order valence-electron chi connectivity index (χ4n) is 1.90. The number of anilines is 1. The topological polar surface area (TPSA) is 21.7 Å². The van der Waals surface area contributed by atoms with Gasteiger partial charge in [0.15, 0.2) is 0 Å². The summed E-state index contributed by atoms with van der Waals surface area (Å²) in [4.78, 5) is 2.31. The Morgan fingerprint density at radius 1 is 1.17 bits per heavy atom. The zero-order valence-electron chi connectivity index (χ0n) is 11.4. The van der Waals surface area contributed by atoms with Crippen LogP contribution in [0.25, 0.3) is 0 Å². The first-order valence-electron chi connectivity index (χ1n) is 6.12. The van der Waals surface area contributed by atoms with Crippen LogP contribution in [0.2, 0.25) is 0 Å². The molecule has 0 N–H and O–H groups in total. The SMILES string of the molecule is COCCN(c1ccc(CBr)cc1)C(C)COC. The molecule has 0 fully saturated rings. The smallest absolute Gasteiger partial charge is 0.0663 e. The van der Waals surface area contributed by atoms with Gasteiger partial charge in [-0.2, -0.15) is 0 Å². The van der Waals surface area contributed by atoms with Crippen LogP contribution in [-0.2, 0) is 14.8 Å². The van der Waals surface area contributed by atoms with Crippen molar-refractivity contribution in [3.63, 3.8) is 0 Å². The van der Waals surface area contributed by atoms with Crippen molar-refractivity contribution >= 4 is 21.6 Å². The number of halogens is 1. The van der Waals surface area contributed by atoms with Gasteiger partial charge in [-0.05, 0) is 24.6 Å². The molecule has 0 aliphatic carbocycles. The number of nitrogens with zero attached hydrogens (tertiary/aromatic N) is 1. The third-order valence-corrected chi connectivity index (χ3v) is 3.55. The van der Waals surface area contributed by atoms with Crippen LogP contribution in [0, 0.1) is 0 Å². The minimum Gasteiger partial charge on any atom is -0.383 e. The second-order valence-corrected chi connectivity index (χ2v) is 4.85. The quantitative estimate of drug-likeness (QED) is 0.688. The first-order valence-corrected chi connectivity index (χ1v) is 7.24. The lowest BCUT2D eigenvalue weighted by Gasteiger charge is -2.31. The molecule has 0 aliphatic heterocycles. The summed E-state index contributed by atoms with van der Waals surface area (Å²) in [7, 11) is 3.46. The average molecular weight is 316 g/mol. The van der Waals surface area contributed by atoms with Gasteiger partial charge in [0.05, 0.1) is 13.2 Å². The van der Waals surface area contributed by atoms with E-state index < -0.39 is 0 Å². The summed E-state index contributed by atoms with van der Waals surface area (Å²) < 4.78 is 10.4. The van der Waals surface area contributed by atoms with Gasteiger partial charge in [-0.1, -0.05) is 28.1 Å². The molecule has 0 aromatic heterocycles. The molecule has 18 heavy (non-hydrogen) atoms. The summed E-state index contributed by atoms with van der Waals surface area (Å²) >= 11 is 3.46. The van der Waals surface area contributed by atoms with Crippen molar-refractivity contribution in [1.29, 1.82) is 0 Å². The molecule has 0 saturated carbocycles. The molecular formula is C14H22BrNO2. The third kappa shape index (κ3) is 4.59. The molecule has 1 aromatic carbocycles. The number of alkyl halides is 1. The van der Waals surface area contributed by atoms with Gasteiger partial charge < -0.3 is 14.4 Å². The first-order chi connectivity index (χ1) is 8.72. The predicted molar refractivity (Wildman–Crippen MR) is 79.6 cm³/mol. The zero-order chi connectivity index (χ0) is 13.4. The van der Waals surface area contributed by atoms with Crippen LogP contribution in [0.1, 0.15) is 12.5 Å². The summed E-state index contributed by atoms with van der Waals surface area (Å²) in [5.41, 5.74) is 2.49. The molecule has 0 radical (unpaired) electrons. The molecule has 0 amide bonds. The van der Waals surface area contributed by atoms with Crippen LogP contribution in [0.15, 0.2) is 24.3 Å². The van der Waals surface area contributed by atoms with Gasteiger partial charge in [-0.3, -0.25) is 0 Å². The molecule has 0 bridgehead atoms. The lowest BCUT2D eigenvalue weighted by atomic mass is 10.2. The second-order valence-electron chi connectivity index (χ2n) is 4.29. The van der Waals surface area contributed by atoms with Crippen LogP contribution in [0.3, 0.4) is 0 Å². The molecule has 1 unspecified atom stereocenters. The fourth-order valence-corrected chi connectivity index (χ4v) is 2.28. The average Bonchev–Trinajstić information content (AvgIpc) is 2.40. The predicted octanol–water partition coefficient (Wildman–Crippen LogP) is 3.07. The number of ether oxygens (including phenoxy) is 2. The lowest BCUT2D eigenvalue weighted by molar-refractivity contribution is 0.171. The molecule has 102 valence electrons. The highest BCUT2D eigenvalue weighted by Crippen LogP contribution is 2.19. The maximum Gasteiger partial charge on any atom is 0.0663 e. The molecular weight excluding hydrogens is 294 g/mol. The Labute approximate surface area is 118 Å². The second kappa shape index (κ2) is 8.51. The van der Waals surface area contributed by atoms with E-state index in [9.17, 15) is 0 Å². The van der Waals surface area contributed by atoms with E-state index in [1.165, 1.54) is 11.3 Å². The Morgan fingerprint density at radius 3 is 2.33 bits per heavy atom. The molecule has 3 nitrogen and oxygen atoms in total. The van der Waals surface area contributed by atoms with E-state index in [2.05, 4.69) is 52.0 Å². The normalized spacial score (nSPS) is 12.4. The number of benzene rings is 1. The molecule has 1 aromatic rings. The Bertz CT molecular complexity index is 329. The summed E-state index contributed by atoms with van der Waals surface area (Å²) in [6.07, 6.45) is 0. The van der Waals surface area contributed by atoms with E-state index in [0.29, 0.717) is 19.3 Å². The van der Waals surface area contributed by atoms with Crippen molar-refractivity contribution in [2.75, 3.05) is 38.9 Å². The van der Waals surface area contributed by atoms with Crippen molar-refractivity contribution in [2.24, 2.45) is 0 Å². The van der Waals surface area contributed by atoms with Gasteiger partial charge in [0.1, 0.15) is 0 Å². The summed E-state index contributed by atoms with van der Waals surface area (Å²) in [6, 6.07) is 8.92. The van der Waals surface area contributed by atoms with Gasteiger partial charge >= 0.3 is 0 Å². The maximum atomic E-state index is 5.24. The van der Waals surface area contributed by atoms with E-state index >= 15 is 0 Å². The Morgan fingerprint density at radius 2 is 1.83 bits per heavy atom. The minimum atomic E-state index is 0.333. The van der Waals surface area contributed by atoms with Gasteiger partial charge in [0, 0.05) is 37.8 Å². The minimum absolute atomic E-state index is 0.333. The van der Waals surface area contributed by atoms with Crippen molar-refractivity contribution in [1.82, 2.24) is 0 Å². The van der Waals surface area contributed by atoms with Crippen LogP contribution >= 0.6 is 15.9 Å². The third-order valence-electron chi connectivity index (χ3n) is 2.90. The highest BCUT2D eigenvalue weighted by molar-refractivity contribution is 9.08. The van der Waals surface area contributed by atoms with E-state index in [1.807, 2.05) is 0 Å². The number of hydrogen-bond donors (Lipinski definition) is 0. The molecule has 0 heterocycles. The van der Waals surface area contributed by atoms with Crippen molar-refractivity contribution in [3.05, 3.63) is 29.8 Å². The van der Waals surface area contributed by atoms with Crippen LogP contribution in [0.4, 0.5) is 5.69 Å². The van der Waals surface area contributed by atoms with E-state index in [1.54, 1.807) is 14.2 Å². The Hall–Kier alpha value is -0.580. The molecule has 0 aliphatic rings. The first kappa shape index (κ1) is 15.5. The van der Waals surface area contributed by atoms with Gasteiger partial charge in [-0.15, -0.1) is 0 Å². The van der Waals surface area contributed by atoms with Crippen LogP contribution < -0.4 is 4.90 Å². The van der Waals surface area contributed by atoms with Crippen molar-refractivity contribution in [3.8, 4) is 0 Å². The highest BCUT2D eigenvalue weighted by atomic mass is 79.9. The Kier molecular flexibility index (Phi) is 7.32. The maximum absolute atomic E-state index is 5.24. The molecule has 1 rings (SSSR count). The van der Waals surface area contributed by atoms with Crippen LogP contribution in [-0.4, -0.2) is 40.0 Å². The van der Waals surface area contributed by atoms with Crippen molar-refractivity contribution in [2.45, 2.75) is 18.3 Å². The Balaban J connectivity index is 2.79. The molecule has 0 saturated heterocycles. The number of hydrogen-bond acceptors (Lipinski definition) is 3. The van der Waals surface area contributed by atoms with Crippen molar-refractivity contribution < 1.29 is 9.47 Å². The molecule has 0 spiro atoms. The van der Waals surface area contributed by atoms with E-state index in [0.717, 1.165) is 11.9 Å².